The number of carboxylic acids is 1. The fourth-order valence-corrected chi connectivity index (χ4v) is 2.72. The largest absolute Gasteiger partial charge is 0.481 e. The molecule has 1 aliphatic carbocycles. The fraction of sp³-hybridized carbons (Fsp3) is 0.467. The van der Waals surface area contributed by atoms with Crippen molar-refractivity contribution >= 4 is 17.6 Å². The Morgan fingerprint density at radius 1 is 1.21 bits per heavy atom. The Balaban J connectivity index is 2.10. The molecule has 1 aromatic rings. The number of benzene rings is 1. The predicted molar refractivity (Wildman–Crippen MR) is 73.0 cm³/mol. The van der Waals surface area contributed by atoms with E-state index < -0.39 is 11.4 Å². The fourth-order valence-electron chi connectivity index (χ4n) is 2.72. The highest BCUT2D eigenvalue weighted by atomic mass is 16.4. The van der Waals surface area contributed by atoms with E-state index in [0.29, 0.717) is 12.8 Å². The van der Waals surface area contributed by atoms with E-state index in [0.717, 1.165) is 18.5 Å². The average molecular weight is 261 g/mol. The lowest BCUT2D eigenvalue weighted by Crippen LogP contribution is -2.36. The summed E-state index contributed by atoms with van der Waals surface area (Å²) in [5.41, 5.74) is -0.0498. The molecule has 0 saturated heterocycles. The molecule has 1 N–H and O–H groups in total. The molecule has 0 aromatic heterocycles. The lowest BCUT2D eigenvalue weighted by atomic mass is 9.82. The molecule has 19 heavy (non-hydrogen) atoms. The average Bonchev–Trinajstić information content (AvgIpc) is 2.88. The number of nitrogens with zero attached hydrogens (tertiary/aromatic N) is 1. The number of hydrogen-bond acceptors (Lipinski definition) is 2. The topological polar surface area (TPSA) is 57.6 Å². The van der Waals surface area contributed by atoms with Gasteiger partial charge in [0, 0.05) is 19.2 Å². The Morgan fingerprint density at radius 3 is 2.32 bits per heavy atom. The molecule has 1 aliphatic rings. The third-order valence-corrected chi connectivity index (χ3v) is 4.02. The van der Waals surface area contributed by atoms with Gasteiger partial charge in [0.15, 0.2) is 0 Å². The van der Waals surface area contributed by atoms with Gasteiger partial charge in [0.25, 0.3) is 0 Å². The standard InChI is InChI=1S/C15H19NO3/c1-16(12-7-3-2-4-8-12)13(17)11-15(14(18)19)9-5-6-10-15/h2-4,7-8H,5-6,9-11H2,1H3,(H,18,19). The van der Waals surface area contributed by atoms with Gasteiger partial charge in [0.1, 0.15) is 0 Å². The third kappa shape index (κ3) is 2.78. The maximum absolute atomic E-state index is 12.3. The molecule has 1 aromatic carbocycles. The molecule has 0 spiro atoms. The lowest BCUT2D eigenvalue weighted by molar-refractivity contribution is -0.151. The minimum atomic E-state index is -0.847. The smallest absolute Gasteiger partial charge is 0.310 e. The van der Waals surface area contributed by atoms with Gasteiger partial charge >= 0.3 is 5.97 Å². The van der Waals surface area contributed by atoms with Crippen LogP contribution in [-0.4, -0.2) is 24.0 Å². The predicted octanol–water partition coefficient (Wildman–Crippen LogP) is 2.68. The van der Waals surface area contributed by atoms with Gasteiger partial charge in [-0.05, 0) is 25.0 Å². The van der Waals surface area contributed by atoms with Crippen LogP contribution in [0.3, 0.4) is 0 Å². The Morgan fingerprint density at radius 2 is 1.79 bits per heavy atom. The van der Waals surface area contributed by atoms with Crippen LogP contribution in [0.25, 0.3) is 0 Å². The van der Waals surface area contributed by atoms with Gasteiger partial charge in [0.2, 0.25) is 5.91 Å². The molecule has 102 valence electrons. The van der Waals surface area contributed by atoms with E-state index in [1.54, 1.807) is 11.9 Å². The zero-order valence-electron chi connectivity index (χ0n) is 11.1. The Bertz CT molecular complexity index is 464. The zero-order valence-corrected chi connectivity index (χ0v) is 11.1. The highest BCUT2D eigenvalue weighted by Crippen LogP contribution is 2.41. The molecule has 1 saturated carbocycles. The summed E-state index contributed by atoms with van der Waals surface area (Å²) in [6, 6.07) is 9.31. The van der Waals surface area contributed by atoms with Crippen LogP contribution < -0.4 is 4.90 Å². The van der Waals surface area contributed by atoms with Gasteiger partial charge in [-0.2, -0.15) is 0 Å². The molecule has 2 rings (SSSR count). The maximum atomic E-state index is 12.3. The van der Waals surface area contributed by atoms with E-state index in [2.05, 4.69) is 0 Å². The summed E-state index contributed by atoms with van der Waals surface area (Å²) in [5.74, 6) is -0.963. The Kier molecular flexibility index (Phi) is 3.88. The van der Waals surface area contributed by atoms with Crippen LogP contribution >= 0.6 is 0 Å². The maximum Gasteiger partial charge on any atom is 0.310 e. The van der Waals surface area contributed by atoms with Crippen molar-refractivity contribution in [1.29, 1.82) is 0 Å². The van der Waals surface area contributed by atoms with Crippen molar-refractivity contribution in [1.82, 2.24) is 0 Å². The Labute approximate surface area is 113 Å². The quantitative estimate of drug-likeness (QED) is 0.906. The van der Waals surface area contributed by atoms with E-state index in [1.807, 2.05) is 30.3 Å². The monoisotopic (exact) mass is 261 g/mol. The summed E-state index contributed by atoms with van der Waals surface area (Å²) in [4.78, 5) is 25.3. The number of anilines is 1. The number of carboxylic acid groups (broad SMARTS) is 1. The van der Waals surface area contributed by atoms with Crippen molar-refractivity contribution in [2.45, 2.75) is 32.1 Å². The molecule has 0 unspecified atom stereocenters. The Hall–Kier alpha value is -1.84. The summed E-state index contributed by atoms with van der Waals surface area (Å²) in [7, 11) is 1.70. The number of rotatable bonds is 4. The van der Waals surface area contributed by atoms with E-state index in [9.17, 15) is 14.7 Å². The second kappa shape index (κ2) is 5.43. The van der Waals surface area contributed by atoms with Gasteiger partial charge in [-0.1, -0.05) is 31.0 Å². The van der Waals surface area contributed by atoms with Gasteiger partial charge in [-0.15, -0.1) is 0 Å². The van der Waals surface area contributed by atoms with Gasteiger partial charge in [-0.25, -0.2) is 0 Å². The van der Waals surface area contributed by atoms with Crippen molar-refractivity contribution in [3.05, 3.63) is 30.3 Å². The highest BCUT2D eigenvalue weighted by molar-refractivity contribution is 5.96. The summed E-state index contributed by atoms with van der Waals surface area (Å²) >= 11 is 0. The van der Waals surface area contributed by atoms with Crippen LogP contribution in [0, 0.1) is 5.41 Å². The summed E-state index contributed by atoms with van der Waals surface area (Å²) in [6.07, 6.45) is 3.10. The lowest BCUT2D eigenvalue weighted by Gasteiger charge is -2.26. The minimum absolute atomic E-state index is 0.0910. The number of hydrogen-bond donors (Lipinski definition) is 1. The molecule has 0 radical (unpaired) electrons. The van der Waals surface area contributed by atoms with Crippen molar-refractivity contribution in [2.24, 2.45) is 5.41 Å². The number of carbonyl (C=O) groups excluding carboxylic acids is 1. The van der Waals surface area contributed by atoms with Crippen LogP contribution in [0.1, 0.15) is 32.1 Å². The van der Waals surface area contributed by atoms with Gasteiger partial charge in [-0.3, -0.25) is 9.59 Å². The highest BCUT2D eigenvalue weighted by Gasteiger charge is 2.43. The van der Waals surface area contributed by atoms with Crippen LogP contribution in [0.5, 0.6) is 0 Å². The molecule has 0 aliphatic heterocycles. The first-order chi connectivity index (χ1) is 9.05. The van der Waals surface area contributed by atoms with Crippen LogP contribution in [-0.2, 0) is 9.59 Å². The molecule has 0 atom stereocenters. The van der Waals surface area contributed by atoms with E-state index in [4.69, 9.17) is 0 Å². The number of para-hydroxylation sites is 1. The molecule has 0 heterocycles. The molecule has 1 fully saturated rings. The number of amides is 1. The molecule has 1 amide bonds. The first kappa shape index (κ1) is 13.6. The molecular formula is C15H19NO3. The second-order valence-corrected chi connectivity index (χ2v) is 5.26. The van der Waals surface area contributed by atoms with Gasteiger partial charge in [0.05, 0.1) is 5.41 Å². The first-order valence-electron chi connectivity index (χ1n) is 6.60. The molecular weight excluding hydrogens is 242 g/mol. The van der Waals surface area contributed by atoms with E-state index in [1.165, 1.54) is 0 Å². The number of aliphatic carboxylic acids is 1. The normalized spacial score (nSPS) is 17.1. The molecule has 4 heteroatoms. The van der Waals surface area contributed by atoms with E-state index >= 15 is 0 Å². The van der Waals surface area contributed by atoms with Crippen LogP contribution in [0.4, 0.5) is 5.69 Å². The minimum Gasteiger partial charge on any atom is -0.481 e. The van der Waals surface area contributed by atoms with Crippen LogP contribution in [0.2, 0.25) is 0 Å². The van der Waals surface area contributed by atoms with Crippen LogP contribution in [0.15, 0.2) is 30.3 Å². The van der Waals surface area contributed by atoms with Crippen molar-refractivity contribution in [2.75, 3.05) is 11.9 Å². The second-order valence-electron chi connectivity index (χ2n) is 5.26. The third-order valence-electron chi connectivity index (χ3n) is 4.02. The molecule has 0 bridgehead atoms. The summed E-state index contributed by atoms with van der Waals surface area (Å²) in [5, 5.41) is 9.39. The van der Waals surface area contributed by atoms with Crippen molar-refractivity contribution in [3.8, 4) is 0 Å². The zero-order chi connectivity index (χ0) is 13.9. The van der Waals surface area contributed by atoms with Crippen molar-refractivity contribution in [3.63, 3.8) is 0 Å². The summed E-state index contributed by atoms with van der Waals surface area (Å²) < 4.78 is 0. The number of carbonyl (C=O) groups is 2. The van der Waals surface area contributed by atoms with Gasteiger partial charge < -0.3 is 10.0 Å². The van der Waals surface area contributed by atoms with Crippen molar-refractivity contribution < 1.29 is 14.7 Å². The molecule has 4 nitrogen and oxygen atoms in total. The SMILES string of the molecule is CN(C(=O)CC1(C(=O)O)CCCC1)c1ccccc1. The summed E-state index contributed by atoms with van der Waals surface area (Å²) in [6.45, 7) is 0. The first-order valence-corrected chi connectivity index (χ1v) is 6.60. The van der Waals surface area contributed by atoms with E-state index in [-0.39, 0.29) is 12.3 Å².